The summed E-state index contributed by atoms with van der Waals surface area (Å²) in [6.07, 6.45) is 9.13. The van der Waals surface area contributed by atoms with Gasteiger partial charge in [0.25, 0.3) is 0 Å². The van der Waals surface area contributed by atoms with Crippen molar-refractivity contribution in [2.75, 3.05) is 26.4 Å². The summed E-state index contributed by atoms with van der Waals surface area (Å²) in [7, 11) is 0. The van der Waals surface area contributed by atoms with E-state index in [0.29, 0.717) is 37.9 Å². The minimum Gasteiger partial charge on any atom is -0.494 e. The molecule has 0 aliphatic rings. The third-order valence-electron chi connectivity index (χ3n) is 7.10. The van der Waals surface area contributed by atoms with Crippen LogP contribution in [0.5, 0.6) is 23.0 Å². The van der Waals surface area contributed by atoms with Gasteiger partial charge in [-0.05, 0) is 112 Å². The molecular weight excluding hydrogens is 642 g/mol. The van der Waals surface area contributed by atoms with Crippen molar-refractivity contribution in [2.24, 2.45) is 0 Å². The zero-order chi connectivity index (χ0) is 36.0. The van der Waals surface area contributed by atoms with Gasteiger partial charge < -0.3 is 28.4 Å². The highest BCUT2D eigenvalue weighted by Gasteiger charge is 2.15. The van der Waals surface area contributed by atoms with Gasteiger partial charge in [-0.3, -0.25) is 0 Å². The Hall–Kier alpha value is -5.89. The molecular formula is C39H41NO10. The van der Waals surface area contributed by atoms with Crippen molar-refractivity contribution >= 4 is 23.9 Å². The molecule has 0 radical (unpaired) electrons. The number of hydrogen-bond acceptors (Lipinski definition) is 11. The molecule has 262 valence electrons. The van der Waals surface area contributed by atoms with Gasteiger partial charge in [0.15, 0.2) is 0 Å². The average Bonchev–Trinajstić information content (AvgIpc) is 3.14. The van der Waals surface area contributed by atoms with E-state index in [-0.39, 0.29) is 28.2 Å². The Morgan fingerprint density at radius 3 is 1.42 bits per heavy atom. The number of unbranched alkanes of at least 4 members (excludes halogenated alkanes) is 6. The summed E-state index contributed by atoms with van der Waals surface area (Å²) in [5, 5.41) is 9.66. The first-order chi connectivity index (χ1) is 24.3. The summed E-state index contributed by atoms with van der Waals surface area (Å²) in [4.78, 5) is 47.5. The summed E-state index contributed by atoms with van der Waals surface area (Å²) in [6.45, 7) is 8.45. The van der Waals surface area contributed by atoms with Gasteiger partial charge in [-0.2, -0.15) is 5.26 Å². The predicted molar refractivity (Wildman–Crippen MR) is 184 cm³/mol. The number of carbonyl (C=O) groups is 4. The Morgan fingerprint density at radius 1 is 0.560 bits per heavy atom. The van der Waals surface area contributed by atoms with Crippen molar-refractivity contribution in [3.05, 3.63) is 109 Å². The molecule has 0 saturated heterocycles. The molecule has 0 aliphatic carbocycles. The predicted octanol–water partition coefficient (Wildman–Crippen LogP) is 7.33. The summed E-state index contributed by atoms with van der Waals surface area (Å²) < 4.78 is 32.2. The van der Waals surface area contributed by atoms with Crippen molar-refractivity contribution in [1.82, 2.24) is 0 Å². The second-order valence-electron chi connectivity index (χ2n) is 10.9. The molecule has 11 heteroatoms. The minimum atomic E-state index is -0.663. The van der Waals surface area contributed by atoms with Crippen LogP contribution in [0.2, 0.25) is 0 Å². The van der Waals surface area contributed by atoms with Crippen LogP contribution in [0.25, 0.3) is 0 Å². The summed E-state index contributed by atoms with van der Waals surface area (Å²) in [6, 6.07) is 19.1. The van der Waals surface area contributed by atoms with Crippen LogP contribution in [0.1, 0.15) is 77.6 Å². The Labute approximate surface area is 292 Å². The molecule has 50 heavy (non-hydrogen) atoms. The van der Waals surface area contributed by atoms with Gasteiger partial charge in [-0.25, -0.2) is 19.2 Å². The van der Waals surface area contributed by atoms with Gasteiger partial charge in [-0.15, -0.1) is 0 Å². The lowest BCUT2D eigenvalue weighted by Gasteiger charge is -2.10. The number of benzene rings is 3. The molecule has 0 fully saturated rings. The number of hydrogen-bond donors (Lipinski definition) is 0. The number of nitriles is 1. The van der Waals surface area contributed by atoms with Gasteiger partial charge in [-0.1, -0.05) is 13.2 Å². The molecule has 3 aromatic carbocycles. The SMILES string of the molecule is C=CC(=O)OCCCCCCOc1ccc(C(=O)Oc2ccc(OC(=O)c3ccc(OCCCCCCOC(=O)C=C)cc3)c(C#N)c2)cc1. The maximum Gasteiger partial charge on any atom is 0.343 e. The number of nitrogens with zero attached hydrogens (tertiary/aromatic N) is 1. The highest BCUT2D eigenvalue weighted by molar-refractivity contribution is 5.92. The normalized spacial score (nSPS) is 10.2. The molecule has 0 aromatic heterocycles. The van der Waals surface area contributed by atoms with E-state index in [1.54, 1.807) is 48.5 Å². The standard InChI is InChI=1S/C39H41NO10/c1-3-36(41)47-25-11-7-5-9-23-45-32-17-13-29(14-18-32)38(43)49-34-21-22-35(31(27-34)28-40)50-39(44)30-15-19-33(20-16-30)46-24-10-6-8-12-26-48-37(42)4-2/h3-4,13-22,27H,1-2,5-12,23-26H2. The second-order valence-corrected chi connectivity index (χ2v) is 10.9. The zero-order valence-electron chi connectivity index (χ0n) is 27.9. The molecule has 0 spiro atoms. The van der Waals surface area contributed by atoms with E-state index in [9.17, 15) is 24.4 Å². The van der Waals surface area contributed by atoms with Crippen LogP contribution in [0.3, 0.4) is 0 Å². The fraction of sp³-hybridized carbons (Fsp3) is 0.308. The smallest absolute Gasteiger partial charge is 0.343 e. The molecule has 0 aliphatic heterocycles. The molecule has 0 heterocycles. The van der Waals surface area contributed by atoms with Gasteiger partial charge in [0.2, 0.25) is 0 Å². The van der Waals surface area contributed by atoms with E-state index in [1.807, 2.05) is 6.07 Å². The first kappa shape index (κ1) is 38.6. The molecule has 3 aromatic rings. The van der Waals surface area contributed by atoms with Crippen LogP contribution in [0.4, 0.5) is 0 Å². The Morgan fingerprint density at radius 2 is 0.980 bits per heavy atom. The van der Waals surface area contributed by atoms with E-state index in [2.05, 4.69) is 13.2 Å². The van der Waals surface area contributed by atoms with E-state index in [0.717, 1.165) is 63.5 Å². The molecule has 0 bridgehead atoms. The molecule has 3 rings (SSSR count). The summed E-state index contributed by atoms with van der Waals surface area (Å²) in [5.41, 5.74) is 0.572. The average molecular weight is 684 g/mol. The lowest BCUT2D eigenvalue weighted by molar-refractivity contribution is -0.138. The van der Waals surface area contributed by atoms with Crippen LogP contribution in [0.15, 0.2) is 92.0 Å². The number of carbonyl (C=O) groups excluding carboxylic acids is 4. The van der Waals surface area contributed by atoms with Crippen LogP contribution < -0.4 is 18.9 Å². The topological polar surface area (TPSA) is 147 Å². The first-order valence-corrected chi connectivity index (χ1v) is 16.4. The van der Waals surface area contributed by atoms with Gasteiger partial charge >= 0.3 is 23.9 Å². The Bertz CT molecular complexity index is 1620. The fourth-order valence-corrected chi connectivity index (χ4v) is 4.41. The summed E-state index contributed by atoms with van der Waals surface area (Å²) >= 11 is 0. The molecule has 11 nitrogen and oxygen atoms in total. The first-order valence-electron chi connectivity index (χ1n) is 16.4. The zero-order valence-corrected chi connectivity index (χ0v) is 27.9. The number of esters is 4. The summed E-state index contributed by atoms with van der Waals surface area (Å²) in [5.74, 6) is -0.787. The second kappa shape index (κ2) is 21.9. The van der Waals surface area contributed by atoms with E-state index < -0.39 is 23.9 Å². The molecule has 0 N–H and O–H groups in total. The van der Waals surface area contributed by atoms with E-state index in [4.69, 9.17) is 28.4 Å². The molecule has 0 unspecified atom stereocenters. The number of ether oxygens (including phenoxy) is 6. The van der Waals surface area contributed by atoms with Crippen molar-refractivity contribution in [1.29, 1.82) is 5.26 Å². The molecule has 0 saturated carbocycles. The number of rotatable bonds is 22. The van der Waals surface area contributed by atoms with Crippen molar-refractivity contribution in [3.63, 3.8) is 0 Å². The fourth-order valence-electron chi connectivity index (χ4n) is 4.41. The van der Waals surface area contributed by atoms with Crippen LogP contribution in [-0.4, -0.2) is 50.3 Å². The van der Waals surface area contributed by atoms with Crippen LogP contribution in [-0.2, 0) is 19.1 Å². The van der Waals surface area contributed by atoms with Crippen molar-refractivity contribution in [3.8, 4) is 29.1 Å². The Balaban J connectivity index is 1.39. The van der Waals surface area contributed by atoms with Crippen molar-refractivity contribution < 1.29 is 47.6 Å². The minimum absolute atomic E-state index is 0.0176. The maximum absolute atomic E-state index is 12.8. The van der Waals surface area contributed by atoms with Crippen LogP contribution in [0, 0.1) is 11.3 Å². The van der Waals surface area contributed by atoms with Gasteiger partial charge in [0, 0.05) is 18.2 Å². The lowest BCUT2D eigenvalue weighted by Crippen LogP contribution is -2.11. The molecule has 0 atom stereocenters. The van der Waals surface area contributed by atoms with Crippen molar-refractivity contribution in [2.45, 2.75) is 51.4 Å². The van der Waals surface area contributed by atoms with E-state index in [1.165, 1.54) is 18.2 Å². The quantitative estimate of drug-likeness (QED) is 0.0454. The third-order valence-corrected chi connectivity index (χ3v) is 7.10. The highest BCUT2D eigenvalue weighted by atomic mass is 16.5. The maximum atomic E-state index is 12.8. The van der Waals surface area contributed by atoms with Crippen LogP contribution >= 0.6 is 0 Å². The monoisotopic (exact) mass is 683 g/mol. The Kier molecular flexibility index (Phi) is 16.9. The highest BCUT2D eigenvalue weighted by Crippen LogP contribution is 2.26. The largest absolute Gasteiger partial charge is 0.494 e. The molecule has 0 amide bonds. The third kappa shape index (κ3) is 14.1. The van der Waals surface area contributed by atoms with Gasteiger partial charge in [0.1, 0.15) is 29.1 Å². The van der Waals surface area contributed by atoms with E-state index >= 15 is 0 Å². The lowest BCUT2D eigenvalue weighted by atomic mass is 10.2. The van der Waals surface area contributed by atoms with Gasteiger partial charge in [0.05, 0.1) is 43.1 Å².